The highest BCUT2D eigenvalue weighted by Crippen LogP contribution is 2.21. The fourth-order valence-corrected chi connectivity index (χ4v) is 1.56. The molecular formula is C9H10ClNO3. The first-order chi connectivity index (χ1) is 6.72. The lowest BCUT2D eigenvalue weighted by Crippen LogP contribution is -2.54. The molecule has 1 saturated heterocycles. The number of nitrogens with zero attached hydrogens (tertiary/aromatic N) is 1. The smallest absolute Gasteiger partial charge is 0.258 e. The zero-order valence-electron chi connectivity index (χ0n) is 7.70. The van der Waals surface area contributed by atoms with Crippen LogP contribution in [-0.2, 0) is 4.74 Å². The van der Waals surface area contributed by atoms with E-state index < -0.39 is 0 Å². The van der Waals surface area contributed by atoms with Gasteiger partial charge in [-0.3, -0.25) is 4.79 Å². The van der Waals surface area contributed by atoms with E-state index in [0.29, 0.717) is 18.7 Å². The molecular weight excluding hydrogens is 206 g/mol. The van der Waals surface area contributed by atoms with E-state index in [2.05, 4.69) is 0 Å². The zero-order chi connectivity index (χ0) is 10.1. The maximum Gasteiger partial charge on any atom is 0.258 e. The number of halogens is 1. The van der Waals surface area contributed by atoms with E-state index in [4.69, 9.17) is 20.8 Å². The van der Waals surface area contributed by atoms with Crippen LogP contribution in [0.3, 0.4) is 0 Å². The maximum absolute atomic E-state index is 11.7. The Morgan fingerprint density at radius 2 is 2.43 bits per heavy atom. The third kappa shape index (κ3) is 1.51. The van der Waals surface area contributed by atoms with Crippen LogP contribution in [0.15, 0.2) is 16.7 Å². The Kier molecular flexibility index (Phi) is 2.48. The van der Waals surface area contributed by atoms with Crippen LogP contribution < -0.4 is 0 Å². The quantitative estimate of drug-likeness (QED) is 0.749. The minimum Gasteiger partial charge on any atom is -0.452 e. The van der Waals surface area contributed by atoms with E-state index in [1.165, 1.54) is 6.26 Å². The normalized spacial score (nSPS) is 16.9. The van der Waals surface area contributed by atoms with Crippen molar-refractivity contribution in [2.45, 2.75) is 6.10 Å². The number of furan rings is 1. The van der Waals surface area contributed by atoms with Gasteiger partial charge in [-0.15, -0.1) is 0 Å². The highest BCUT2D eigenvalue weighted by Gasteiger charge is 2.32. The van der Waals surface area contributed by atoms with Crippen LogP contribution in [0, 0.1) is 0 Å². The average Bonchev–Trinajstić information content (AvgIpc) is 2.49. The second-order valence-corrected chi connectivity index (χ2v) is 3.52. The Morgan fingerprint density at radius 3 is 2.93 bits per heavy atom. The molecule has 4 nitrogen and oxygen atoms in total. The summed E-state index contributed by atoms with van der Waals surface area (Å²) in [5.41, 5.74) is 0.418. The summed E-state index contributed by atoms with van der Waals surface area (Å²) < 4.78 is 9.91. The molecule has 2 rings (SSSR count). The van der Waals surface area contributed by atoms with Crippen LogP contribution in [-0.4, -0.2) is 37.1 Å². The number of hydrogen-bond acceptors (Lipinski definition) is 3. The first kappa shape index (κ1) is 9.55. The van der Waals surface area contributed by atoms with Crippen LogP contribution in [0.5, 0.6) is 0 Å². The molecule has 0 bridgehead atoms. The lowest BCUT2D eigenvalue weighted by molar-refractivity contribution is -0.0192. The Balaban J connectivity index is 2.01. The molecule has 14 heavy (non-hydrogen) atoms. The first-order valence-corrected chi connectivity index (χ1v) is 4.65. The standard InChI is InChI=1S/C9H10ClNO3/c1-13-6-4-11(5-6)9(12)7-2-3-14-8(7)10/h2-3,6H,4-5H2,1H3. The average molecular weight is 216 g/mol. The van der Waals surface area contributed by atoms with E-state index in [9.17, 15) is 4.79 Å². The molecule has 0 unspecified atom stereocenters. The van der Waals surface area contributed by atoms with Crippen LogP contribution in [0.2, 0.25) is 5.22 Å². The van der Waals surface area contributed by atoms with Crippen molar-refractivity contribution in [2.24, 2.45) is 0 Å². The summed E-state index contributed by atoms with van der Waals surface area (Å²) in [6, 6.07) is 1.57. The topological polar surface area (TPSA) is 42.7 Å². The van der Waals surface area contributed by atoms with Crippen molar-refractivity contribution in [2.75, 3.05) is 20.2 Å². The summed E-state index contributed by atoms with van der Waals surface area (Å²) in [7, 11) is 1.64. The third-order valence-electron chi connectivity index (χ3n) is 2.32. The molecule has 5 heteroatoms. The van der Waals surface area contributed by atoms with Gasteiger partial charge in [0.1, 0.15) is 0 Å². The van der Waals surface area contributed by atoms with E-state index in [-0.39, 0.29) is 17.2 Å². The molecule has 0 saturated carbocycles. The van der Waals surface area contributed by atoms with Crippen molar-refractivity contribution in [3.63, 3.8) is 0 Å². The Labute approximate surface area is 86.4 Å². The van der Waals surface area contributed by atoms with Gasteiger partial charge in [-0.25, -0.2) is 0 Å². The van der Waals surface area contributed by atoms with Crippen molar-refractivity contribution in [3.8, 4) is 0 Å². The van der Waals surface area contributed by atoms with E-state index in [1.807, 2.05) is 0 Å². The summed E-state index contributed by atoms with van der Waals surface area (Å²) >= 11 is 5.68. The highest BCUT2D eigenvalue weighted by atomic mass is 35.5. The number of ether oxygens (including phenoxy) is 1. The molecule has 1 amide bonds. The van der Waals surface area contributed by atoms with Gasteiger partial charge < -0.3 is 14.1 Å². The fourth-order valence-electron chi connectivity index (χ4n) is 1.37. The van der Waals surface area contributed by atoms with E-state index >= 15 is 0 Å². The van der Waals surface area contributed by atoms with Crippen molar-refractivity contribution in [3.05, 3.63) is 23.1 Å². The molecule has 0 spiro atoms. The van der Waals surface area contributed by atoms with E-state index in [0.717, 1.165) is 0 Å². The minimum atomic E-state index is -0.1000. The molecule has 0 N–H and O–H groups in total. The monoisotopic (exact) mass is 215 g/mol. The number of likely N-dealkylation sites (tertiary alicyclic amines) is 1. The summed E-state index contributed by atoms with van der Waals surface area (Å²) in [5, 5.41) is 0.149. The Bertz CT molecular complexity index is 344. The maximum atomic E-state index is 11.7. The molecule has 1 aromatic rings. The second kappa shape index (κ2) is 3.63. The van der Waals surface area contributed by atoms with Gasteiger partial charge in [0.05, 0.1) is 17.9 Å². The van der Waals surface area contributed by atoms with Gasteiger partial charge in [0, 0.05) is 20.2 Å². The number of carbonyl (C=O) groups is 1. The van der Waals surface area contributed by atoms with E-state index in [1.54, 1.807) is 18.1 Å². The molecule has 1 fully saturated rings. The summed E-state index contributed by atoms with van der Waals surface area (Å²) in [6.45, 7) is 1.24. The van der Waals surface area contributed by atoms with Gasteiger partial charge in [0.25, 0.3) is 5.91 Å². The van der Waals surface area contributed by atoms with Crippen LogP contribution in [0.1, 0.15) is 10.4 Å². The first-order valence-electron chi connectivity index (χ1n) is 4.27. The van der Waals surface area contributed by atoms with Gasteiger partial charge in [-0.1, -0.05) is 0 Å². The molecule has 76 valence electrons. The molecule has 0 atom stereocenters. The Morgan fingerprint density at radius 1 is 1.71 bits per heavy atom. The zero-order valence-corrected chi connectivity index (χ0v) is 8.45. The molecule has 0 radical (unpaired) electrons. The summed E-state index contributed by atoms with van der Waals surface area (Å²) in [4.78, 5) is 13.4. The van der Waals surface area contributed by atoms with Gasteiger partial charge in [0.15, 0.2) is 0 Å². The predicted octanol–water partition coefficient (Wildman–Crippen LogP) is 1.40. The third-order valence-corrected chi connectivity index (χ3v) is 2.61. The molecule has 1 aromatic heterocycles. The fraction of sp³-hybridized carbons (Fsp3) is 0.444. The van der Waals surface area contributed by atoms with Gasteiger partial charge in [-0.05, 0) is 17.7 Å². The van der Waals surface area contributed by atoms with Crippen molar-refractivity contribution >= 4 is 17.5 Å². The summed E-state index contributed by atoms with van der Waals surface area (Å²) in [5.74, 6) is -0.1000. The number of amides is 1. The molecule has 1 aliphatic heterocycles. The highest BCUT2D eigenvalue weighted by molar-refractivity contribution is 6.32. The molecule has 0 aliphatic carbocycles. The van der Waals surface area contributed by atoms with Crippen LogP contribution in [0.4, 0.5) is 0 Å². The summed E-state index contributed by atoms with van der Waals surface area (Å²) in [6.07, 6.45) is 1.56. The molecule has 0 aromatic carbocycles. The largest absolute Gasteiger partial charge is 0.452 e. The second-order valence-electron chi connectivity index (χ2n) is 3.18. The number of rotatable bonds is 2. The Hall–Kier alpha value is -1.00. The number of carbonyl (C=O) groups excluding carboxylic acids is 1. The molecule has 1 aliphatic rings. The molecule has 2 heterocycles. The lowest BCUT2D eigenvalue weighted by Gasteiger charge is -2.37. The van der Waals surface area contributed by atoms with Gasteiger partial charge in [-0.2, -0.15) is 0 Å². The van der Waals surface area contributed by atoms with Crippen molar-refractivity contribution < 1.29 is 13.9 Å². The van der Waals surface area contributed by atoms with Crippen molar-refractivity contribution in [1.29, 1.82) is 0 Å². The number of hydrogen-bond donors (Lipinski definition) is 0. The minimum absolute atomic E-state index is 0.1000. The van der Waals surface area contributed by atoms with Crippen LogP contribution >= 0.6 is 11.6 Å². The predicted molar refractivity (Wildman–Crippen MR) is 50.4 cm³/mol. The van der Waals surface area contributed by atoms with Gasteiger partial charge >= 0.3 is 0 Å². The van der Waals surface area contributed by atoms with Crippen LogP contribution in [0.25, 0.3) is 0 Å². The number of methoxy groups -OCH3 is 1. The van der Waals surface area contributed by atoms with Gasteiger partial charge in [0.2, 0.25) is 5.22 Å². The van der Waals surface area contributed by atoms with Crippen molar-refractivity contribution in [1.82, 2.24) is 4.90 Å². The lowest BCUT2D eigenvalue weighted by atomic mass is 10.1. The SMILES string of the molecule is COC1CN(C(=O)c2ccoc2Cl)C1.